The number of hydrogen-bond acceptors (Lipinski definition) is 0. The van der Waals surface area contributed by atoms with Gasteiger partial charge in [-0.15, -0.1) is 0 Å². The molecule has 15 heteroatoms. The van der Waals surface area contributed by atoms with E-state index in [0.717, 1.165) is 0 Å². The summed E-state index contributed by atoms with van der Waals surface area (Å²) in [6, 6.07) is 0. The van der Waals surface area contributed by atoms with E-state index in [-0.39, 0.29) is 64.8 Å². The van der Waals surface area contributed by atoms with Crippen LogP contribution in [0, 0.1) is 131 Å². The Morgan fingerprint density at radius 1 is 0.361 bits per heavy atom. The summed E-state index contributed by atoms with van der Waals surface area (Å²) in [4.78, 5) is 0. The summed E-state index contributed by atoms with van der Waals surface area (Å²) in [6.45, 7) is 45.5. The van der Waals surface area contributed by atoms with Crippen LogP contribution in [0.3, 0.4) is 0 Å². The fraction of sp³-hybridized carbons (Fsp3) is 0.0476. The molecule has 2 saturated carbocycles. The van der Waals surface area contributed by atoms with E-state index in [1.807, 2.05) is 64.2 Å². The normalized spacial score (nSPS) is 7.44. The zero-order valence-corrected chi connectivity index (χ0v) is 31.5. The molecule has 10 nitrogen and oxygen atoms in total. The zero-order valence-electron chi connectivity index (χ0n) is 18.0. The van der Waals surface area contributed by atoms with Crippen molar-refractivity contribution in [1.29, 1.82) is 0 Å². The van der Waals surface area contributed by atoms with Crippen molar-refractivity contribution in [3.8, 4) is 0 Å². The molecular weight excluding hydrogens is 1350 g/mol. The Morgan fingerprint density at radius 3 is 0.417 bits per heavy atom. The van der Waals surface area contributed by atoms with E-state index in [1.54, 1.807) is 39.4 Å². The zero-order chi connectivity index (χ0) is 29.1. The van der Waals surface area contributed by atoms with Gasteiger partial charge in [0.2, 0.25) is 0 Å². The Balaban J connectivity index is -0.0000000104. The third-order valence-corrected chi connectivity index (χ3v) is 1.11. The monoisotopic (exact) mass is 1370 g/mol. The maximum atomic E-state index is 7.50. The molecule has 0 atom stereocenters. The van der Waals surface area contributed by atoms with Crippen LogP contribution in [0.15, 0.2) is 0 Å². The van der Waals surface area contributed by atoms with Crippen LogP contribution in [0.5, 0.6) is 0 Å². The van der Waals surface area contributed by atoms with Crippen molar-refractivity contribution >= 4 is 0 Å². The SMILES string of the molecule is O.[C-]#[O+].[C-]#[O+].[C-]#[O+].[C-]#[O+].[C-]#[O+].[C-]#[O+].[C-]#[O+].[C-]#[O+].[C-]#[O+].[CH2-]C.[CH]1[CH][CH][CH][CH]1.[CH]1[CH][CH][CH][CH]1.[Os+].[Os].[Os].[W]=[W]. The van der Waals surface area contributed by atoms with Gasteiger partial charge < -0.3 is 12.4 Å². The molecule has 0 aliphatic heterocycles. The summed E-state index contributed by atoms with van der Waals surface area (Å²) in [7, 11) is 0. The fourth-order valence-corrected chi connectivity index (χ4v) is 0.642. The Labute approximate surface area is 274 Å². The molecule has 0 aromatic carbocycles. The Bertz CT molecular complexity index is 291. The molecule has 11 radical (unpaired) electrons. The first-order valence-electron chi connectivity index (χ1n) is 6.04. The Morgan fingerprint density at radius 2 is 0.389 bits per heavy atom. The second-order valence-electron chi connectivity index (χ2n) is 1.92. The molecule has 0 spiro atoms. The topological polar surface area (TPSA) is 211 Å². The van der Waals surface area contributed by atoms with Crippen LogP contribution in [0.2, 0.25) is 0 Å². The van der Waals surface area contributed by atoms with Crippen LogP contribution in [-0.4, -0.2) is 5.48 Å². The summed E-state index contributed by atoms with van der Waals surface area (Å²) >= 11 is 3.33. The van der Waals surface area contributed by atoms with Gasteiger partial charge in [-0.25, -0.2) is 0 Å². The number of rotatable bonds is 0. The Kier molecular flexibility index (Phi) is 1010. The Hall–Kier alpha value is 0.906. The van der Waals surface area contributed by atoms with E-state index >= 15 is 0 Å². The molecule has 36 heavy (non-hydrogen) atoms. The third-order valence-electron chi connectivity index (χ3n) is 1.11. The standard InChI is InChI=1S/2C5H5.C2H5.9CO.H2O.3Os.2W/c2*1-2-4-5-3-1;10*1-2;;;;;;/h2*1-5H;1H2,2H3;;;;;;;;;;1H2;;;;;/q;;-1;;;;;;;;;;;;;+1;;. The van der Waals surface area contributed by atoms with Crippen LogP contribution in [0.25, 0.3) is 0 Å². The minimum absolute atomic E-state index is 0. The van der Waals surface area contributed by atoms with Crippen LogP contribution in [0.4, 0.5) is 0 Å². The predicted molar refractivity (Wildman–Crippen MR) is 93.0 cm³/mol. The van der Waals surface area contributed by atoms with Crippen molar-refractivity contribution in [1.82, 2.24) is 0 Å². The van der Waals surface area contributed by atoms with Gasteiger partial charge in [-0.1, -0.05) is 0 Å². The van der Waals surface area contributed by atoms with E-state index in [0.29, 0.717) is 0 Å². The van der Waals surface area contributed by atoms with Gasteiger partial charge in [-0.2, -0.15) is 6.92 Å². The number of hydrogen-bond donors (Lipinski definition) is 0. The molecule has 0 bridgehead atoms. The van der Waals surface area contributed by atoms with Gasteiger partial charge >= 0.3 is 154 Å². The molecule has 0 aromatic rings. The van der Waals surface area contributed by atoms with Crippen molar-refractivity contribution in [3.63, 3.8) is 0 Å². The van der Waals surface area contributed by atoms with Crippen LogP contribution >= 0.6 is 0 Å². The second kappa shape index (κ2) is 368. The fourth-order valence-electron chi connectivity index (χ4n) is 0.642. The van der Waals surface area contributed by atoms with Gasteiger partial charge in [-0.3, -0.25) is 0 Å². The third kappa shape index (κ3) is 337. The predicted octanol–water partition coefficient (Wildman–Crippen LogP) is 1.71. The van der Waals surface area contributed by atoms with Gasteiger partial charge in [0.25, 0.3) is 0 Å². The van der Waals surface area contributed by atoms with Crippen molar-refractivity contribution in [2.24, 2.45) is 0 Å². The minimum atomic E-state index is 0. The molecular formula is C21H17O10Os3W2. The van der Waals surface area contributed by atoms with Crippen LogP contribution in [0.1, 0.15) is 6.92 Å². The van der Waals surface area contributed by atoms with E-state index in [2.05, 4.69) is 66.8 Å². The van der Waals surface area contributed by atoms with Gasteiger partial charge in [0.15, 0.2) is 0 Å². The van der Waals surface area contributed by atoms with Gasteiger partial charge in [-0.05, 0) is 64.2 Å². The quantitative estimate of drug-likeness (QED) is 0.251. The van der Waals surface area contributed by atoms with Crippen molar-refractivity contribution in [3.05, 3.63) is 131 Å². The van der Waals surface area contributed by atoms with Crippen molar-refractivity contribution in [2.45, 2.75) is 6.92 Å². The summed E-state index contributed by atoms with van der Waals surface area (Å²) in [5.41, 5.74) is 0. The van der Waals surface area contributed by atoms with Crippen LogP contribution < -0.4 is 0 Å². The van der Waals surface area contributed by atoms with Gasteiger partial charge in [0.1, 0.15) is 0 Å². The van der Waals surface area contributed by atoms with Crippen LogP contribution in [-0.2, 0) is 134 Å². The molecule has 2 aliphatic rings. The summed E-state index contributed by atoms with van der Waals surface area (Å²) < 4.78 is 67.5. The molecule has 0 aromatic heterocycles. The maximum absolute atomic E-state index is 7.50. The molecule has 2 N–H and O–H groups in total. The average molecular weight is 1370 g/mol. The van der Waals surface area contributed by atoms with E-state index in [9.17, 15) is 0 Å². The summed E-state index contributed by atoms with van der Waals surface area (Å²) in [5.74, 6) is 0. The molecule has 2 aliphatic carbocycles. The molecule has 0 unspecified atom stereocenters. The van der Waals surface area contributed by atoms with Gasteiger partial charge in [0.05, 0.1) is 0 Å². The van der Waals surface area contributed by atoms with Crippen molar-refractivity contribution < 1.29 is 139 Å². The molecule has 2 rings (SSSR count). The summed E-state index contributed by atoms with van der Waals surface area (Å²) in [6.07, 6.45) is 20.0. The van der Waals surface area contributed by atoms with Gasteiger partial charge in [0, 0.05) is 39.6 Å². The molecule has 0 amide bonds. The first-order valence-corrected chi connectivity index (χ1v) is 17.0. The first kappa shape index (κ1) is 99.2. The molecule has 197 valence electrons. The molecule has 0 saturated heterocycles. The summed E-state index contributed by atoms with van der Waals surface area (Å²) in [5, 5.41) is 0. The average Bonchev–Trinajstić information content (AvgIpc) is 3.77. The second-order valence-corrected chi connectivity index (χ2v) is 1.92. The molecule has 0 heterocycles. The van der Waals surface area contributed by atoms with E-state index < -0.39 is 0 Å². The molecule has 2 fully saturated rings. The van der Waals surface area contributed by atoms with E-state index in [1.165, 1.54) is 0 Å². The first-order chi connectivity index (χ1) is 16.0. The van der Waals surface area contributed by atoms with E-state index in [4.69, 9.17) is 41.9 Å². The van der Waals surface area contributed by atoms with Crippen molar-refractivity contribution in [2.75, 3.05) is 0 Å².